The zero-order valence-electron chi connectivity index (χ0n) is 18.5. The molecule has 0 spiro atoms. The largest absolute Gasteiger partial charge is 0.339 e. The van der Waals surface area contributed by atoms with Gasteiger partial charge in [-0.25, -0.2) is 0 Å². The van der Waals surface area contributed by atoms with Gasteiger partial charge in [-0.1, -0.05) is 54.5 Å². The molecule has 7 nitrogen and oxygen atoms in total. The summed E-state index contributed by atoms with van der Waals surface area (Å²) in [5.74, 6) is 1.32. The Labute approximate surface area is 190 Å². The van der Waals surface area contributed by atoms with E-state index in [4.69, 9.17) is 13.9 Å². The summed E-state index contributed by atoms with van der Waals surface area (Å²) < 4.78 is 20.7. The number of nitrogens with zero attached hydrogens (tertiary/aromatic N) is 2. The van der Waals surface area contributed by atoms with Gasteiger partial charge in [0.2, 0.25) is 11.7 Å². The SMILES string of the molecule is CCc1cc(-c2noc(CCCCc3ccccc3)n2)ccc1CNCCCO[PH](=O)O. The summed E-state index contributed by atoms with van der Waals surface area (Å²) in [7, 11) is -2.83. The number of nitrogens with one attached hydrogen (secondary N) is 1. The summed E-state index contributed by atoms with van der Waals surface area (Å²) in [6, 6.07) is 16.8. The third-order valence-corrected chi connectivity index (χ3v) is 5.75. The third kappa shape index (κ3) is 7.99. The van der Waals surface area contributed by atoms with Crippen molar-refractivity contribution in [3.05, 3.63) is 71.1 Å². The lowest BCUT2D eigenvalue weighted by molar-refractivity contribution is 0.276. The van der Waals surface area contributed by atoms with E-state index in [1.165, 1.54) is 16.7 Å². The van der Waals surface area contributed by atoms with Crippen molar-refractivity contribution in [2.45, 2.75) is 52.0 Å². The second-order valence-electron chi connectivity index (χ2n) is 7.69. The molecule has 172 valence electrons. The summed E-state index contributed by atoms with van der Waals surface area (Å²) in [5, 5.41) is 7.53. The summed E-state index contributed by atoms with van der Waals surface area (Å²) in [5.41, 5.74) is 4.78. The Hall–Kier alpha value is -2.31. The van der Waals surface area contributed by atoms with Crippen LogP contribution >= 0.6 is 8.25 Å². The van der Waals surface area contributed by atoms with E-state index in [2.05, 4.69) is 58.8 Å². The van der Waals surface area contributed by atoms with Crippen LogP contribution < -0.4 is 5.32 Å². The molecule has 0 bridgehead atoms. The number of aromatic nitrogens is 2. The first kappa shape index (κ1) is 24.3. The molecule has 2 aromatic carbocycles. The van der Waals surface area contributed by atoms with Crippen LogP contribution in [0.1, 0.15) is 48.8 Å². The molecule has 0 saturated heterocycles. The van der Waals surface area contributed by atoms with E-state index in [0.717, 1.165) is 50.8 Å². The van der Waals surface area contributed by atoms with Gasteiger partial charge in [0.25, 0.3) is 0 Å². The average Bonchev–Trinajstić information content (AvgIpc) is 3.28. The number of hydrogen-bond donors (Lipinski definition) is 2. The molecule has 1 unspecified atom stereocenters. The zero-order chi connectivity index (χ0) is 22.6. The summed E-state index contributed by atoms with van der Waals surface area (Å²) in [6.07, 6.45) is 5.55. The average molecular weight is 458 g/mol. The van der Waals surface area contributed by atoms with Crippen molar-refractivity contribution < 1.29 is 18.5 Å². The fraction of sp³-hybridized carbons (Fsp3) is 0.417. The van der Waals surface area contributed by atoms with Gasteiger partial charge in [0, 0.05) is 18.5 Å². The molecule has 1 aromatic heterocycles. The second-order valence-corrected chi connectivity index (χ2v) is 8.51. The highest BCUT2D eigenvalue weighted by Crippen LogP contribution is 2.22. The van der Waals surface area contributed by atoms with Crippen LogP contribution in [0.4, 0.5) is 0 Å². The topological polar surface area (TPSA) is 97.5 Å². The molecular formula is C24H32N3O4P. The minimum absolute atomic E-state index is 0.285. The number of rotatable bonds is 14. The Bertz CT molecular complexity index is 978. The van der Waals surface area contributed by atoms with Gasteiger partial charge in [0.1, 0.15) is 0 Å². The van der Waals surface area contributed by atoms with Crippen LogP contribution in [0.2, 0.25) is 0 Å². The lowest BCUT2D eigenvalue weighted by atomic mass is 10.0. The van der Waals surface area contributed by atoms with Crippen LogP contribution in [0.15, 0.2) is 53.1 Å². The molecule has 2 N–H and O–H groups in total. The van der Waals surface area contributed by atoms with Crippen LogP contribution in [0, 0.1) is 0 Å². The van der Waals surface area contributed by atoms with Gasteiger partial charge in [-0.3, -0.25) is 4.57 Å². The predicted octanol–water partition coefficient (Wildman–Crippen LogP) is 4.74. The van der Waals surface area contributed by atoms with E-state index < -0.39 is 8.25 Å². The van der Waals surface area contributed by atoms with Crippen molar-refractivity contribution in [1.82, 2.24) is 15.5 Å². The van der Waals surface area contributed by atoms with Crippen LogP contribution in [0.5, 0.6) is 0 Å². The Morgan fingerprint density at radius 3 is 2.66 bits per heavy atom. The summed E-state index contributed by atoms with van der Waals surface area (Å²) >= 11 is 0. The lowest BCUT2D eigenvalue weighted by Gasteiger charge is -2.10. The van der Waals surface area contributed by atoms with E-state index in [1.54, 1.807) is 0 Å². The molecule has 0 aliphatic heterocycles. The molecule has 0 radical (unpaired) electrons. The molecule has 0 aliphatic rings. The first-order valence-corrected chi connectivity index (χ1v) is 12.5. The Balaban J connectivity index is 1.47. The smallest absolute Gasteiger partial charge is 0.316 e. The molecule has 1 atom stereocenters. The monoisotopic (exact) mass is 457 g/mol. The molecule has 1 heterocycles. The molecule has 3 aromatic rings. The third-order valence-electron chi connectivity index (χ3n) is 5.30. The predicted molar refractivity (Wildman–Crippen MR) is 126 cm³/mol. The number of benzene rings is 2. The minimum atomic E-state index is -2.83. The fourth-order valence-corrected chi connectivity index (χ4v) is 3.89. The summed E-state index contributed by atoms with van der Waals surface area (Å²) in [4.78, 5) is 13.2. The Kier molecular flexibility index (Phi) is 10.1. The second kappa shape index (κ2) is 13.3. The maximum Gasteiger partial charge on any atom is 0.316 e. The fourth-order valence-electron chi connectivity index (χ4n) is 3.57. The van der Waals surface area contributed by atoms with Gasteiger partial charge in [-0.2, -0.15) is 4.98 Å². The molecule has 0 fully saturated rings. The van der Waals surface area contributed by atoms with Crippen molar-refractivity contribution in [3.8, 4) is 11.4 Å². The van der Waals surface area contributed by atoms with Gasteiger partial charge in [0.05, 0.1) is 6.61 Å². The maximum atomic E-state index is 10.5. The van der Waals surface area contributed by atoms with E-state index in [0.29, 0.717) is 18.1 Å². The van der Waals surface area contributed by atoms with Crippen LogP contribution in [0.3, 0.4) is 0 Å². The van der Waals surface area contributed by atoms with Crippen LogP contribution in [0.25, 0.3) is 11.4 Å². The van der Waals surface area contributed by atoms with E-state index in [-0.39, 0.29) is 6.61 Å². The molecular weight excluding hydrogens is 425 g/mol. The van der Waals surface area contributed by atoms with Gasteiger partial charge < -0.3 is 19.3 Å². The van der Waals surface area contributed by atoms with Crippen molar-refractivity contribution in [2.24, 2.45) is 0 Å². The standard InChI is InChI=1S/C24H32N3O4P/c1-2-20-17-21(13-14-22(20)18-25-15-8-16-30-32(28)29)24-26-23(31-27-24)12-7-6-11-19-9-4-3-5-10-19/h3-5,9-10,13-14,17,25,32H,2,6-8,11-12,15-16,18H2,1H3,(H,28,29). The van der Waals surface area contributed by atoms with Crippen molar-refractivity contribution >= 4 is 8.25 Å². The molecule has 3 rings (SSSR count). The quantitative estimate of drug-likeness (QED) is 0.266. The van der Waals surface area contributed by atoms with Crippen molar-refractivity contribution in [2.75, 3.05) is 13.2 Å². The summed E-state index contributed by atoms with van der Waals surface area (Å²) in [6.45, 7) is 3.87. The van der Waals surface area contributed by atoms with Crippen molar-refractivity contribution in [3.63, 3.8) is 0 Å². The highest BCUT2D eigenvalue weighted by molar-refractivity contribution is 7.32. The highest BCUT2D eigenvalue weighted by atomic mass is 31.1. The first-order valence-electron chi connectivity index (χ1n) is 11.2. The van der Waals surface area contributed by atoms with E-state index in [9.17, 15) is 4.57 Å². The lowest BCUT2D eigenvalue weighted by Crippen LogP contribution is -2.17. The van der Waals surface area contributed by atoms with Crippen LogP contribution in [-0.4, -0.2) is 28.2 Å². The highest BCUT2D eigenvalue weighted by Gasteiger charge is 2.11. The maximum absolute atomic E-state index is 10.5. The van der Waals surface area contributed by atoms with E-state index in [1.807, 2.05) is 12.1 Å². The number of hydrogen-bond acceptors (Lipinski definition) is 6. The zero-order valence-corrected chi connectivity index (χ0v) is 19.5. The number of unbranched alkanes of at least 4 members (excludes halogenated alkanes) is 1. The van der Waals surface area contributed by atoms with Gasteiger partial charge >= 0.3 is 8.25 Å². The Morgan fingerprint density at radius 1 is 1.06 bits per heavy atom. The Morgan fingerprint density at radius 2 is 1.88 bits per heavy atom. The normalized spacial score (nSPS) is 12.2. The molecule has 32 heavy (non-hydrogen) atoms. The van der Waals surface area contributed by atoms with Gasteiger partial charge in [-0.05, 0) is 61.4 Å². The minimum Gasteiger partial charge on any atom is -0.339 e. The molecule has 8 heteroatoms. The van der Waals surface area contributed by atoms with Gasteiger partial charge in [-0.15, -0.1) is 0 Å². The molecule has 0 saturated carbocycles. The number of aryl methyl sites for hydroxylation is 3. The van der Waals surface area contributed by atoms with Gasteiger partial charge in [0.15, 0.2) is 0 Å². The van der Waals surface area contributed by atoms with Crippen molar-refractivity contribution in [1.29, 1.82) is 0 Å². The molecule has 0 aliphatic carbocycles. The van der Waals surface area contributed by atoms with Crippen LogP contribution in [-0.2, 0) is 34.9 Å². The molecule has 0 amide bonds. The van der Waals surface area contributed by atoms with E-state index >= 15 is 0 Å². The first-order chi connectivity index (χ1) is 15.7.